The number of amides is 3. The van der Waals surface area contributed by atoms with E-state index < -0.39 is 23.4 Å². The SMILES string of the molecule is CCC(C)(C)NC(=O)[C@H](c1ccc(N(C)C)cc1)N(C(=O)c1snc(C(N)=O)c1N)c1ccccc1. The molecule has 0 saturated carbocycles. The number of hydrogen-bond acceptors (Lipinski definition) is 7. The van der Waals surface area contributed by atoms with Crippen LogP contribution in [0.5, 0.6) is 0 Å². The van der Waals surface area contributed by atoms with Gasteiger partial charge in [0.2, 0.25) is 5.91 Å². The molecule has 0 spiro atoms. The maximum Gasteiger partial charge on any atom is 0.273 e. The van der Waals surface area contributed by atoms with Gasteiger partial charge in [-0.05, 0) is 61.6 Å². The Bertz CT molecular complexity index is 1240. The molecular weight excluding hydrogens is 476 g/mol. The smallest absolute Gasteiger partial charge is 0.273 e. The van der Waals surface area contributed by atoms with E-state index in [0.29, 0.717) is 17.7 Å². The molecule has 0 unspecified atom stereocenters. The van der Waals surface area contributed by atoms with Gasteiger partial charge in [0.15, 0.2) is 5.69 Å². The van der Waals surface area contributed by atoms with Crippen LogP contribution in [0.15, 0.2) is 54.6 Å². The molecule has 3 aromatic rings. The molecule has 0 aliphatic carbocycles. The van der Waals surface area contributed by atoms with E-state index in [9.17, 15) is 14.4 Å². The topological polar surface area (TPSA) is 135 Å². The van der Waals surface area contributed by atoms with Crippen molar-refractivity contribution in [3.8, 4) is 0 Å². The highest BCUT2D eigenvalue weighted by molar-refractivity contribution is 7.09. The van der Waals surface area contributed by atoms with Crippen molar-refractivity contribution < 1.29 is 14.4 Å². The summed E-state index contributed by atoms with van der Waals surface area (Å²) in [4.78, 5) is 43.0. The summed E-state index contributed by atoms with van der Waals surface area (Å²) in [5.74, 6) is -1.74. The summed E-state index contributed by atoms with van der Waals surface area (Å²) in [5, 5.41) is 3.08. The molecule has 1 atom stereocenters. The Morgan fingerprint density at radius 3 is 2.14 bits per heavy atom. The van der Waals surface area contributed by atoms with E-state index >= 15 is 0 Å². The van der Waals surface area contributed by atoms with E-state index in [1.807, 2.05) is 70.1 Å². The van der Waals surface area contributed by atoms with Crippen molar-refractivity contribution >= 4 is 46.3 Å². The zero-order chi connectivity index (χ0) is 26.6. The first kappa shape index (κ1) is 26.7. The second kappa shape index (κ2) is 10.8. The number of nitrogens with two attached hydrogens (primary N) is 2. The van der Waals surface area contributed by atoms with Crippen molar-refractivity contribution in [2.24, 2.45) is 5.73 Å². The monoisotopic (exact) mass is 508 g/mol. The summed E-state index contributed by atoms with van der Waals surface area (Å²) in [7, 11) is 3.84. The Balaban J connectivity index is 2.21. The highest BCUT2D eigenvalue weighted by atomic mass is 32.1. The fraction of sp³-hybridized carbons (Fsp3) is 0.308. The van der Waals surface area contributed by atoms with E-state index in [4.69, 9.17) is 11.5 Å². The first-order valence-corrected chi connectivity index (χ1v) is 12.3. The summed E-state index contributed by atoms with van der Waals surface area (Å²) >= 11 is 0.779. The van der Waals surface area contributed by atoms with Gasteiger partial charge in [0.25, 0.3) is 11.8 Å². The Hall–Kier alpha value is -3.92. The minimum Gasteiger partial charge on any atom is -0.395 e. The van der Waals surface area contributed by atoms with Crippen LogP contribution in [-0.4, -0.2) is 41.7 Å². The second-order valence-corrected chi connectivity index (χ2v) is 10.0. The van der Waals surface area contributed by atoms with E-state index in [-0.39, 0.29) is 22.2 Å². The van der Waals surface area contributed by atoms with Crippen LogP contribution in [0.25, 0.3) is 0 Å². The van der Waals surface area contributed by atoms with Gasteiger partial charge in [-0.3, -0.25) is 19.3 Å². The highest BCUT2D eigenvalue weighted by Gasteiger charge is 2.37. The van der Waals surface area contributed by atoms with E-state index in [1.165, 1.54) is 4.90 Å². The minimum atomic E-state index is -1.03. The third-order valence-corrected chi connectivity index (χ3v) is 6.84. The fourth-order valence-corrected chi connectivity index (χ4v) is 4.32. The molecule has 10 heteroatoms. The second-order valence-electron chi connectivity index (χ2n) is 9.26. The van der Waals surface area contributed by atoms with E-state index in [2.05, 4.69) is 9.69 Å². The van der Waals surface area contributed by atoms with Crippen molar-refractivity contribution in [3.63, 3.8) is 0 Å². The molecule has 0 fully saturated rings. The van der Waals surface area contributed by atoms with Gasteiger partial charge in [0.1, 0.15) is 10.9 Å². The van der Waals surface area contributed by atoms with Crippen LogP contribution in [-0.2, 0) is 4.79 Å². The number of primary amides is 1. The van der Waals surface area contributed by atoms with Gasteiger partial charge in [-0.25, -0.2) is 0 Å². The number of nitrogens with one attached hydrogen (secondary N) is 1. The van der Waals surface area contributed by atoms with Gasteiger partial charge in [-0.15, -0.1) is 0 Å². The van der Waals surface area contributed by atoms with Crippen LogP contribution in [0.1, 0.15) is 59.0 Å². The highest BCUT2D eigenvalue weighted by Crippen LogP contribution is 2.34. The maximum absolute atomic E-state index is 14.0. The van der Waals surface area contributed by atoms with Gasteiger partial charge in [-0.2, -0.15) is 4.37 Å². The Morgan fingerprint density at radius 2 is 1.64 bits per heavy atom. The van der Waals surface area contributed by atoms with Crippen molar-refractivity contribution in [2.75, 3.05) is 29.6 Å². The predicted molar refractivity (Wildman–Crippen MR) is 144 cm³/mol. The number of rotatable bonds is 9. The molecule has 3 amide bonds. The number of benzene rings is 2. The zero-order valence-electron chi connectivity index (χ0n) is 21.1. The molecule has 9 nitrogen and oxygen atoms in total. The van der Waals surface area contributed by atoms with Crippen LogP contribution in [0.3, 0.4) is 0 Å². The number of carbonyl (C=O) groups excluding carboxylic acids is 3. The predicted octanol–water partition coefficient (Wildman–Crippen LogP) is 3.58. The average Bonchev–Trinajstić information content (AvgIpc) is 3.24. The van der Waals surface area contributed by atoms with Gasteiger partial charge < -0.3 is 21.7 Å². The summed E-state index contributed by atoms with van der Waals surface area (Å²) in [5.41, 5.74) is 12.7. The Labute approximate surface area is 215 Å². The molecule has 0 radical (unpaired) electrons. The quantitative estimate of drug-likeness (QED) is 0.404. The average molecular weight is 509 g/mol. The van der Waals surface area contributed by atoms with Gasteiger partial charge >= 0.3 is 0 Å². The zero-order valence-corrected chi connectivity index (χ0v) is 21.9. The molecule has 190 valence electrons. The molecule has 0 saturated heterocycles. The summed E-state index contributed by atoms with van der Waals surface area (Å²) in [6.45, 7) is 5.82. The number of hydrogen-bond donors (Lipinski definition) is 3. The van der Waals surface area contributed by atoms with Gasteiger partial charge in [0, 0.05) is 31.0 Å². The number of para-hydroxylation sites is 1. The molecule has 36 heavy (non-hydrogen) atoms. The van der Waals surface area contributed by atoms with Crippen LogP contribution in [0, 0.1) is 0 Å². The molecule has 0 bridgehead atoms. The summed E-state index contributed by atoms with van der Waals surface area (Å²) < 4.78 is 3.98. The number of nitrogen functional groups attached to an aromatic ring is 1. The lowest BCUT2D eigenvalue weighted by Gasteiger charge is -2.34. The fourth-order valence-electron chi connectivity index (χ4n) is 3.57. The standard InChI is InChI=1S/C26H32N6O3S/c1-6-26(2,3)29-24(34)21(16-12-14-17(15-13-16)31(4)5)32(18-10-8-7-9-11-18)25(35)22-19(27)20(23(28)33)30-36-22/h7-15,21H,6,27H2,1-5H3,(H2,28,33)(H,29,34)/t21-/m0/s1. The maximum atomic E-state index is 14.0. The molecular formula is C26H32N6O3S. The lowest BCUT2D eigenvalue weighted by atomic mass is 9.97. The van der Waals surface area contributed by atoms with Crippen molar-refractivity contribution in [1.29, 1.82) is 0 Å². The van der Waals surface area contributed by atoms with Crippen LogP contribution < -0.4 is 26.6 Å². The van der Waals surface area contributed by atoms with Crippen LogP contribution in [0.4, 0.5) is 17.1 Å². The largest absolute Gasteiger partial charge is 0.395 e. The molecule has 2 aromatic carbocycles. The molecule has 5 N–H and O–H groups in total. The molecule has 3 rings (SSSR count). The summed E-state index contributed by atoms with van der Waals surface area (Å²) in [6, 6.07) is 15.3. The first-order chi connectivity index (χ1) is 17.0. The van der Waals surface area contributed by atoms with Crippen LogP contribution >= 0.6 is 11.5 Å². The Kier molecular flexibility index (Phi) is 7.99. The van der Waals surface area contributed by atoms with Gasteiger partial charge in [0.05, 0.1) is 5.69 Å². The van der Waals surface area contributed by atoms with Crippen molar-refractivity contribution in [2.45, 2.75) is 38.8 Å². The molecule has 1 heterocycles. The first-order valence-electron chi connectivity index (χ1n) is 11.5. The number of carbonyl (C=O) groups is 3. The number of aromatic nitrogens is 1. The Morgan fingerprint density at radius 1 is 1.03 bits per heavy atom. The molecule has 1 aromatic heterocycles. The number of anilines is 3. The number of nitrogens with zero attached hydrogens (tertiary/aromatic N) is 3. The van der Waals surface area contributed by atoms with E-state index in [0.717, 1.165) is 17.2 Å². The minimum absolute atomic E-state index is 0.0325. The van der Waals surface area contributed by atoms with Crippen molar-refractivity contribution in [3.05, 3.63) is 70.7 Å². The van der Waals surface area contributed by atoms with Crippen molar-refractivity contribution in [1.82, 2.24) is 9.69 Å². The summed E-state index contributed by atoms with van der Waals surface area (Å²) in [6.07, 6.45) is 0.689. The van der Waals surface area contributed by atoms with Gasteiger partial charge in [-0.1, -0.05) is 37.3 Å². The normalized spacial score (nSPS) is 12.0. The van der Waals surface area contributed by atoms with E-state index in [1.54, 1.807) is 24.3 Å². The third kappa shape index (κ3) is 5.65. The molecule has 0 aliphatic rings. The lowest BCUT2D eigenvalue weighted by Crippen LogP contribution is -2.50. The molecule has 0 aliphatic heterocycles. The van der Waals surface area contributed by atoms with Crippen LogP contribution in [0.2, 0.25) is 0 Å². The third-order valence-electron chi connectivity index (χ3n) is 5.99. The lowest BCUT2D eigenvalue weighted by molar-refractivity contribution is -0.124.